The van der Waals surface area contributed by atoms with Gasteiger partial charge in [-0.05, 0) is 19.1 Å². The zero-order chi connectivity index (χ0) is 10.8. The normalized spacial score (nSPS) is 10.2. The Hall–Kier alpha value is -2.03. The van der Waals surface area contributed by atoms with E-state index in [1.807, 2.05) is 31.2 Å². The summed E-state index contributed by atoms with van der Waals surface area (Å²) in [6, 6.07) is 9.01. The van der Waals surface area contributed by atoms with E-state index in [1.165, 1.54) is 12.3 Å². The first-order chi connectivity index (χ1) is 7.18. The van der Waals surface area contributed by atoms with Crippen molar-refractivity contribution in [1.82, 2.24) is 0 Å². The Morgan fingerprint density at radius 2 is 2.13 bits per heavy atom. The topological polar surface area (TPSA) is 50.4 Å². The van der Waals surface area contributed by atoms with Gasteiger partial charge in [0.2, 0.25) is 0 Å². The average Bonchev–Trinajstić information content (AvgIpc) is 2.65. The van der Waals surface area contributed by atoms with Gasteiger partial charge < -0.3 is 9.52 Å². The van der Waals surface area contributed by atoms with Crippen LogP contribution < -0.4 is 0 Å². The van der Waals surface area contributed by atoms with Crippen LogP contribution in [0.25, 0.3) is 11.3 Å². The summed E-state index contributed by atoms with van der Waals surface area (Å²) in [5.74, 6) is -0.563. The predicted octanol–water partition coefficient (Wildman–Crippen LogP) is 2.95. The van der Waals surface area contributed by atoms with E-state index in [0.717, 1.165) is 11.1 Å². The largest absolute Gasteiger partial charge is 0.478 e. The van der Waals surface area contributed by atoms with Gasteiger partial charge in [0.25, 0.3) is 0 Å². The lowest BCUT2D eigenvalue weighted by molar-refractivity contribution is 0.0697. The molecule has 0 saturated heterocycles. The first-order valence-electron chi connectivity index (χ1n) is 4.56. The molecule has 1 aromatic heterocycles. The number of aryl methyl sites for hydroxylation is 1. The lowest BCUT2D eigenvalue weighted by Crippen LogP contribution is -1.95. The molecular weight excluding hydrogens is 192 g/mol. The number of furan rings is 1. The van der Waals surface area contributed by atoms with Crippen LogP contribution >= 0.6 is 0 Å². The Morgan fingerprint density at radius 3 is 2.80 bits per heavy atom. The Balaban J connectivity index is 2.54. The van der Waals surface area contributed by atoms with E-state index in [9.17, 15) is 4.79 Å². The van der Waals surface area contributed by atoms with Crippen molar-refractivity contribution in [3.8, 4) is 11.3 Å². The summed E-state index contributed by atoms with van der Waals surface area (Å²) in [6.45, 7) is 1.95. The van der Waals surface area contributed by atoms with Crippen molar-refractivity contribution < 1.29 is 14.3 Å². The molecule has 0 saturated carbocycles. The van der Waals surface area contributed by atoms with Gasteiger partial charge in [0.15, 0.2) is 0 Å². The highest BCUT2D eigenvalue weighted by Gasteiger charge is 2.14. The third-order valence-corrected chi connectivity index (χ3v) is 2.18. The Labute approximate surface area is 87.0 Å². The first-order valence-corrected chi connectivity index (χ1v) is 4.56. The highest BCUT2D eigenvalue weighted by Crippen LogP contribution is 2.25. The molecule has 3 heteroatoms. The molecule has 0 aliphatic heterocycles. The second kappa shape index (κ2) is 3.61. The van der Waals surface area contributed by atoms with Crippen LogP contribution in [0.4, 0.5) is 0 Å². The van der Waals surface area contributed by atoms with E-state index in [-0.39, 0.29) is 5.56 Å². The summed E-state index contributed by atoms with van der Waals surface area (Å²) in [5.41, 5.74) is 2.05. The maximum absolute atomic E-state index is 10.9. The Morgan fingerprint density at radius 1 is 1.33 bits per heavy atom. The van der Waals surface area contributed by atoms with Crippen LogP contribution in [-0.2, 0) is 0 Å². The molecule has 3 nitrogen and oxygen atoms in total. The highest BCUT2D eigenvalue weighted by molar-refractivity contribution is 5.94. The van der Waals surface area contributed by atoms with Gasteiger partial charge in [-0.25, -0.2) is 4.79 Å². The maximum Gasteiger partial charge on any atom is 0.339 e. The highest BCUT2D eigenvalue weighted by atomic mass is 16.4. The predicted molar refractivity (Wildman–Crippen MR) is 55.8 cm³/mol. The third kappa shape index (κ3) is 1.76. The van der Waals surface area contributed by atoms with Gasteiger partial charge >= 0.3 is 5.97 Å². The summed E-state index contributed by atoms with van der Waals surface area (Å²) in [7, 11) is 0. The second-order valence-corrected chi connectivity index (χ2v) is 3.34. The molecular formula is C12H10O3. The molecule has 0 radical (unpaired) electrons. The van der Waals surface area contributed by atoms with E-state index in [1.54, 1.807) is 0 Å². The standard InChI is InChI=1S/C12H10O3/c1-8-3-2-4-9(7-8)11-10(12(13)14)5-6-15-11/h2-7H,1H3,(H,13,14). The number of aromatic carboxylic acids is 1. The molecule has 0 aliphatic rings. The summed E-state index contributed by atoms with van der Waals surface area (Å²) < 4.78 is 5.19. The van der Waals surface area contributed by atoms with Gasteiger partial charge in [-0.1, -0.05) is 23.8 Å². The first kappa shape index (κ1) is 9.52. The van der Waals surface area contributed by atoms with Crippen LogP contribution in [0.5, 0.6) is 0 Å². The van der Waals surface area contributed by atoms with Crippen LogP contribution in [0, 0.1) is 6.92 Å². The molecule has 1 N–H and O–H groups in total. The number of rotatable bonds is 2. The van der Waals surface area contributed by atoms with E-state index < -0.39 is 5.97 Å². The number of carboxylic acids is 1. The van der Waals surface area contributed by atoms with Crippen molar-refractivity contribution in [2.45, 2.75) is 6.92 Å². The van der Waals surface area contributed by atoms with Crippen LogP contribution in [0.15, 0.2) is 41.0 Å². The fraction of sp³-hybridized carbons (Fsp3) is 0.0833. The quantitative estimate of drug-likeness (QED) is 0.814. The molecule has 0 atom stereocenters. The van der Waals surface area contributed by atoms with E-state index >= 15 is 0 Å². The zero-order valence-electron chi connectivity index (χ0n) is 8.23. The molecule has 1 aromatic carbocycles. The van der Waals surface area contributed by atoms with E-state index in [0.29, 0.717) is 5.76 Å². The lowest BCUT2D eigenvalue weighted by atomic mass is 10.1. The Bertz CT molecular complexity index is 497. The van der Waals surface area contributed by atoms with Gasteiger partial charge in [-0.15, -0.1) is 0 Å². The summed E-state index contributed by atoms with van der Waals surface area (Å²) in [4.78, 5) is 10.9. The Kier molecular flexibility index (Phi) is 2.29. The molecule has 15 heavy (non-hydrogen) atoms. The molecule has 2 aromatic rings. The minimum absolute atomic E-state index is 0.195. The molecule has 0 fully saturated rings. The molecule has 76 valence electrons. The fourth-order valence-corrected chi connectivity index (χ4v) is 1.49. The van der Waals surface area contributed by atoms with Crippen molar-refractivity contribution in [3.05, 3.63) is 47.7 Å². The maximum atomic E-state index is 10.9. The second-order valence-electron chi connectivity index (χ2n) is 3.34. The lowest BCUT2D eigenvalue weighted by Gasteiger charge is -2.00. The van der Waals surface area contributed by atoms with Crippen LogP contribution in [-0.4, -0.2) is 11.1 Å². The van der Waals surface area contributed by atoms with Crippen molar-refractivity contribution in [2.24, 2.45) is 0 Å². The van der Waals surface area contributed by atoms with Gasteiger partial charge in [0.1, 0.15) is 11.3 Å². The molecule has 0 amide bonds. The van der Waals surface area contributed by atoms with Gasteiger partial charge in [-0.2, -0.15) is 0 Å². The van der Waals surface area contributed by atoms with Crippen LogP contribution in [0.1, 0.15) is 15.9 Å². The number of benzene rings is 1. The van der Waals surface area contributed by atoms with Crippen LogP contribution in [0.2, 0.25) is 0 Å². The monoisotopic (exact) mass is 202 g/mol. The molecule has 0 spiro atoms. The minimum Gasteiger partial charge on any atom is -0.478 e. The zero-order valence-corrected chi connectivity index (χ0v) is 8.23. The summed E-state index contributed by atoms with van der Waals surface area (Å²) in [6.07, 6.45) is 1.39. The van der Waals surface area contributed by atoms with Crippen LogP contribution in [0.3, 0.4) is 0 Å². The van der Waals surface area contributed by atoms with Gasteiger partial charge in [0, 0.05) is 5.56 Å². The smallest absolute Gasteiger partial charge is 0.339 e. The van der Waals surface area contributed by atoms with E-state index in [2.05, 4.69) is 0 Å². The summed E-state index contributed by atoms with van der Waals surface area (Å²) >= 11 is 0. The van der Waals surface area contributed by atoms with Crippen molar-refractivity contribution >= 4 is 5.97 Å². The average molecular weight is 202 g/mol. The SMILES string of the molecule is Cc1cccc(-c2occc2C(=O)O)c1. The van der Waals surface area contributed by atoms with Crippen molar-refractivity contribution in [3.63, 3.8) is 0 Å². The minimum atomic E-state index is -0.972. The molecule has 0 unspecified atom stereocenters. The molecule has 1 heterocycles. The van der Waals surface area contributed by atoms with Gasteiger partial charge in [-0.3, -0.25) is 0 Å². The van der Waals surface area contributed by atoms with E-state index in [4.69, 9.17) is 9.52 Å². The summed E-state index contributed by atoms with van der Waals surface area (Å²) in [5, 5.41) is 8.93. The number of hydrogen-bond donors (Lipinski definition) is 1. The number of carbonyl (C=O) groups is 1. The molecule has 2 rings (SSSR count). The number of carboxylic acid groups (broad SMARTS) is 1. The fourth-order valence-electron chi connectivity index (χ4n) is 1.49. The van der Waals surface area contributed by atoms with Crippen molar-refractivity contribution in [1.29, 1.82) is 0 Å². The third-order valence-electron chi connectivity index (χ3n) is 2.18. The van der Waals surface area contributed by atoms with Gasteiger partial charge in [0.05, 0.1) is 6.26 Å². The molecule has 0 aliphatic carbocycles. The number of hydrogen-bond acceptors (Lipinski definition) is 2. The molecule has 0 bridgehead atoms. The van der Waals surface area contributed by atoms with Crippen molar-refractivity contribution in [2.75, 3.05) is 0 Å².